The molecule has 0 aliphatic carbocycles. The van der Waals surface area contributed by atoms with E-state index < -0.39 is 6.10 Å². The molecule has 0 fully saturated rings. The number of nitrogens with zero attached hydrogens (tertiary/aromatic N) is 1. The molecule has 4 nitrogen and oxygen atoms in total. The van der Waals surface area contributed by atoms with E-state index in [1.165, 1.54) is 0 Å². The van der Waals surface area contributed by atoms with E-state index in [0.717, 1.165) is 25.2 Å². The number of aliphatic hydroxyl groups is 1. The average Bonchev–Trinajstić information content (AvgIpc) is 2.37. The molecule has 0 bridgehead atoms. The molecule has 0 saturated heterocycles. The molecule has 1 aromatic rings. The third kappa shape index (κ3) is 5.65. The fraction of sp³-hybridized carbons (Fsp3) is 0.615. The van der Waals surface area contributed by atoms with Crippen LogP contribution in [0.1, 0.15) is 32.4 Å². The Morgan fingerprint density at radius 3 is 2.82 bits per heavy atom. The van der Waals surface area contributed by atoms with Gasteiger partial charge in [0.2, 0.25) is 0 Å². The van der Waals surface area contributed by atoms with Crippen molar-refractivity contribution in [2.75, 3.05) is 13.2 Å². The molecule has 17 heavy (non-hydrogen) atoms. The maximum Gasteiger partial charge on any atom is 0.137 e. The maximum absolute atomic E-state index is 9.36. The van der Waals surface area contributed by atoms with Gasteiger partial charge in [-0.2, -0.15) is 0 Å². The van der Waals surface area contributed by atoms with Crippen molar-refractivity contribution < 1.29 is 9.84 Å². The van der Waals surface area contributed by atoms with Crippen molar-refractivity contribution in [3.05, 3.63) is 24.0 Å². The smallest absolute Gasteiger partial charge is 0.137 e. The predicted octanol–water partition coefficient (Wildman–Crippen LogP) is 1.73. The molecule has 4 heteroatoms. The van der Waals surface area contributed by atoms with E-state index in [4.69, 9.17) is 4.74 Å². The van der Waals surface area contributed by atoms with E-state index in [1.54, 1.807) is 6.20 Å². The molecule has 1 rings (SSSR count). The third-order valence-electron chi connectivity index (χ3n) is 2.44. The Labute approximate surface area is 103 Å². The van der Waals surface area contributed by atoms with Crippen LogP contribution in [0.25, 0.3) is 0 Å². The highest BCUT2D eigenvalue weighted by Gasteiger charge is 2.02. The van der Waals surface area contributed by atoms with Crippen molar-refractivity contribution in [2.45, 2.75) is 39.3 Å². The van der Waals surface area contributed by atoms with E-state index in [-0.39, 0.29) is 0 Å². The van der Waals surface area contributed by atoms with Crippen LogP contribution >= 0.6 is 0 Å². The lowest BCUT2D eigenvalue weighted by atomic mass is 10.3. The summed E-state index contributed by atoms with van der Waals surface area (Å²) in [7, 11) is 0. The predicted molar refractivity (Wildman–Crippen MR) is 68.0 cm³/mol. The lowest BCUT2D eigenvalue weighted by Crippen LogP contribution is -2.16. The van der Waals surface area contributed by atoms with E-state index >= 15 is 0 Å². The van der Waals surface area contributed by atoms with Crippen LogP contribution in [0.4, 0.5) is 0 Å². The van der Waals surface area contributed by atoms with Crippen molar-refractivity contribution in [3.8, 4) is 5.75 Å². The van der Waals surface area contributed by atoms with Gasteiger partial charge in [-0.3, -0.25) is 4.98 Å². The molecular formula is C13H22N2O2. The molecule has 0 aromatic carbocycles. The molecule has 96 valence electrons. The van der Waals surface area contributed by atoms with E-state index in [2.05, 4.69) is 17.2 Å². The Morgan fingerprint density at radius 1 is 1.41 bits per heavy atom. The second kappa shape index (κ2) is 8.03. The van der Waals surface area contributed by atoms with Crippen molar-refractivity contribution in [1.29, 1.82) is 0 Å². The largest absolute Gasteiger partial charge is 0.489 e. The summed E-state index contributed by atoms with van der Waals surface area (Å²) in [6.45, 7) is 6.17. The van der Waals surface area contributed by atoms with Gasteiger partial charge in [0.1, 0.15) is 12.4 Å². The number of nitrogens with one attached hydrogen (secondary N) is 1. The van der Waals surface area contributed by atoms with Gasteiger partial charge in [0.05, 0.1) is 18.0 Å². The van der Waals surface area contributed by atoms with Crippen molar-refractivity contribution in [3.63, 3.8) is 0 Å². The monoisotopic (exact) mass is 238 g/mol. The minimum absolute atomic E-state index is 0.325. The average molecular weight is 238 g/mol. The first-order chi connectivity index (χ1) is 8.26. The normalized spacial score (nSPS) is 12.4. The highest BCUT2D eigenvalue weighted by atomic mass is 16.5. The van der Waals surface area contributed by atoms with Gasteiger partial charge in [-0.05, 0) is 31.5 Å². The summed E-state index contributed by atoms with van der Waals surface area (Å²) in [5.74, 6) is 0.705. The molecule has 2 N–H and O–H groups in total. The van der Waals surface area contributed by atoms with Crippen LogP contribution in [-0.4, -0.2) is 29.3 Å². The number of hydrogen-bond donors (Lipinski definition) is 2. The fourth-order valence-electron chi connectivity index (χ4n) is 1.30. The lowest BCUT2D eigenvalue weighted by Gasteiger charge is -2.10. The van der Waals surface area contributed by atoms with Crippen LogP contribution in [-0.2, 0) is 6.54 Å². The van der Waals surface area contributed by atoms with E-state index in [9.17, 15) is 5.11 Å². The van der Waals surface area contributed by atoms with Crippen LogP contribution < -0.4 is 10.1 Å². The zero-order valence-electron chi connectivity index (χ0n) is 10.6. The summed E-state index contributed by atoms with van der Waals surface area (Å²) < 4.78 is 5.41. The second-order valence-corrected chi connectivity index (χ2v) is 4.04. The molecule has 0 spiro atoms. The van der Waals surface area contributed by atoms with Gasteiger partial charge in [0, 0.05) is 6.54 Å². The molecule has 0 saturated carbocycles. The number of aromatic nitrogens is 1. The highest BCUT2D eigenvalue weighted by molar-refractivity contribution is 5.19. The molecule has 0 aliphatic heterocycles. The first kappa shape index (κ1) is 13.9. The topological polar surface area (TPSA) is 54.4 Å². The maximum atomic E-state index is 9.36. The molecule has 0 amide bonds. The molecule has 1 atom stereocenters. The minimum Gasteiger partial charge on any atom is -0.489 e. The summed E-state index contributed by atoms with van der Waals surface area (Å²) in [5, 5.41) is 12.6. The Morgan fingerprint density at radius 2 is 2.24 bits per heavy atom. The van der Waals surface area contributed by atoms with Crippen molar-refractivity contribution in [2.24, 2.45) is 0 Å². The number of ether oxygens (including phenoxy) is 1. The van der Waals surface area contributed by atoms with E-state index in [0.29, 0.717) is 18.8 Å². The van der Waals surface area contributed by atoms with Crippen LogP contribution in [0.3, 0.4) is 0 Å². The summed E-state index contributed by atoms with van der Waals surface area (Å²) >= 11 is 0. The Balaban J connectivity index is 2.34. The summed E-state index contributed by atoms with van der Waals surface area (Å²) in [6.07, 6.45) is 3.12. The van der Waals surface area contributed by atoms with Crippen molar-refractivity contribution >= 4 is 0 Å². The van der Waals surface area contributed by atoms with Crippen LogP contribution in [0.15, 0.2) is 18.3 Å². The first-order valence-electron chi connectivity index (χ1n) is 6.22. The standard InChI is InChI=1S/C13H22N2O2/c1-3-7-14-8-11-5-6-13(9-15-11)17-10-12(16)4-2/h5-6,9,12,14,16H,3-4,7-8,10H2,1-2H3. The van der Waals surface area contributed by atoms with Gasteiger partial charge in [-0.15, -0.1) is 0 Å². The van der Waals surface area contributed by atoms with Crippen LogP contribution in [0.5, 0.6) is 5.75 Å². The molecule has 1 heterocycles. The summed E-state index contributed by atoms with van der Waals surface area (Å²) in [6, 6.07) is 3.83. The fourth-order valence-corrected chi connectivity index (χ4v) is 1.30. The van der Waals surface area contributed by atoms with E-state index in [1.807, 2.05) is 19.1 Å². The molecular weight excluding hydrogens is 216 g/mol. The third-order valence-corrected chi connectivity index (χ3v) is 2.44. The Hall–Kier alpha value is -1.13. The zero-order valence-corrected chi connectivity index (χ0v) is 10.6. The van der Waals surface area contributed by atoms with Crippen LogP contribution in [0, 0.1) is 0 Å². The highest BCUT2D eigenvalue weighted by Crippen LogP contribution is 2.09. The molecule has 0 aliphatic rings. The van der Waals surface area contributed by atoms with Gasteiger partial charge in [-0.1, -0.05) is 13.8 Å². The Kier molecular flexibility index (Phi) is 6.58. The lowest BCUT2D eigenvalue weighted by molar-refractivity contribution is 0.104. The zero-order chi connectivity index (χ0) is 12.5. The van der Waals surface area contributed by atoms with Gasteiger partial charge < -0.3 is 15.2 Å². The second-order valence-electron chi connectivity index (χ2n) is 4.04. The number of aliphatic hydroxyl groups excluding tert-OH is 1. The van der Waals surface area contributed by atoms with Crippen molar-refractivity contribution in [1.82, 2.24) is 10.3 Å². The van der Waals surface area contributed by atoms with Crippen LogP contribution in [0.2, 0.25) is 0 Å². The molecule has 1 aromatic heterocycles. The number of pyridine rings is 1. The SMILES string of the molecule is CCCNCc1ccc(OCC(O)CC)cn1. The quantitative estimate of drug-likeness (QED) is 0.677. The summed E-state index contributed by atoms with van der Waals surface area (Å²) in [4.78, 5) is 4.29. The molecule has 0 radical (unpaired) electrons. The Bertz CT molecular complexity index is 301. The summed E-state index contributed by atoms with van der Waals surface area (Å²) in [5.41, 5.74) is 1.00. The van der Waals surface area contributed by atoms with Gasteiger partial charge in [0.25, 0.3) is 0 Å². The van der Waals surface area contributed by atoms with Gasteiger partial charge >= 0.3 is 0 Å². The first-order valence-corrected chi connectivity index (χ1v) is 6.22. The molecule has 1 unspecified atom stereocenters. The van der Waals surface area contributed by atoms with Gasteiger partial charge in [-0.25, -0.2) is 0 Å². The number of rotatable bonds is 8. The minimum atomic E-state index is -0.402. The van der Waals surface area contributed by atoms with Gasteiger partial charge in [0.15, 0.2) is 0 Å². The number of hydrogen-bond acceptors (Lipinski definition) is 4.